The summed E-state index contributed by atoms with van der Waals surface area (Å²) in [6.45, 7) is 0. The first kappa shape index (κ1) is 7.34. The molecule has 0 atom stereocenters. The van der Waals surface area contributed by atoms with Crippen molar-refractivity contribution in [1.82, 2.24) is 9.97 Å². The molecule has 0 unspecified atom stereocenters. The molecule has 1 aliphatic carbocycles. The molecule has 1 heterocycles. The van der Waals surface area contributed by atoms with Gasteiger partial charge in [0.05, 0.1) is 12.8 Å². The molecule has 0 amide bonds. The summed E-state index contributed by atoms with van der Waals surface area (Å²) in [4.78, 5) is 8.23. The van der Waals surface area contributed by atoms with Crippen LogP contribution in [-0.2, 0) is 12.8 Å². The van der Waals surface area contributed by atoms with Crippen molar-refractivity contribution < 1.29 is 4.74 Å². The summed E-state index contributed by atoms with van der Waals surface area (Å²) in [7, 11) is 1.55. The summed E-state index contributed by atoms with van der Waals surface area (Å²) >= 11 is 0. The number of nitrogens with zero attached hydrogens (tertiary/aromatic N) is 2. The number of rotatable bonds is 1. The van der Waals surface area contributed by atoms with E-state index < -0.39 is 0 Å². The number of nitrogen functional groups attached to an aromatic ring is 1. The predicted octanol–water partition coefficient (Wildman–Crippen LogP) is 0.556. The fraction of sp³-hybridized carbons (Fsp3) is 0.500. The first-order valence-corrected chi connectivity index (χ1v) is 4.00. The van der Waals surface area contributed by atoms with Crippen molar-refractivity contribution in [1.29, 1.82) is 0 Å². The zero-order valence-corrected chi connectivity index (χ0v) is 7.00. The molecule has 0 radical (unpaired) electrons. The highest BCUT2D eigenvalue weighted by atomic mass is 16.5. The van der Waals surface area contributed by atoms with E-state index in [9.17, 15) is 0 Å². The molecule has 0 aromatic carbocycles. The van der Waals surface area contributed by atoms with Crippen LogP contribution in [0.1, 0.15) is 17.7 Å². The largest absolute Gasteiger partial charge is 0.467 e. The van der Waals surface area contributed by atoms with E-state index in [1.165, 1.54) is 0 Å². The lowest BCUT2D eigenvalue weighted by Gasteiger charge is -2.03. The second-order valence-corrected chi connectivity index (χ2v) is 2.87. The van der Waals surface area contributed by atoms with Crippen molar-refractivity contribution in [3.8, 4) is 6.01 Å². The van der Waals surface area contributed by atoms with Crippen LogP contribution in [0.3, 0.4) is 0 Å². The van der Waals surface area contributed by atoms with Crippen molar-refractivity contribution in [2.45, 2.75) is 19.3 Å². The van der Waals surface area contributed by atoms with Crippen LogP contribution in [0.25, 0.3) is 0 Å². The number of hydrogen-bond donors (Lipinski definition) is 1. The van der Waals surface area contributed by atoms with Crippen molar-refractivity contribution in [3.63, 3.8) is 0 Å². The van der Waals surface area contributed by atoms with Crippen LogP contribution in [0.5, 0.6) is 6.01 Å². The standard InChI is InChI=1S/C8H11N3O/c1-12-8-10-6-4-2-3-5(6)7(9)11-8/h2-4H2,1H3,(H2,9,10,11). The van der Waals surface area contributed by atoms with E-state index in [4.69, 9.17) is 10.5 Å². The highest BCUT2D eigenvalue weighted by Crippen LogP contribution is 2.25. The van der Waals surface area contributed by atoms with Gasteiger partial charge in [-0.15, -0.1) is 0 Å². The van der Waals surface area contributed by atoms with Crippen LogP contribution in [0, 0.1) is 0 Å². The Morgan fingerprint density at radius 1 is 1.33 bits per heavy atom. The monoisotopic (exact) mass is 165 g/mol. The molecule has 2 rings (SSSR count). The SMILES string of the molecule is COc1nc(N)c2c(n1)CCC2. The normalized spacial score (nSPS) is 14.4. The molecule has 12 heavy (non-hydrogen) atoms. The third kappa shape index (κ3) is 0.995. The molecule has 1 aromatic heterocycles. The molecule has 0 saturated carbocycles. The van der Waals surface area contributed by atoms with Crippen molar-refractivity contribution >= 4 is 5.82 Å². The molecule has 0 aliphatic heterocycles. The van der Waals surface area contributed by atoms with Gasteiger partial charge in [-0.3, -0.25) is 0 Å². The van der Waals surface area contributed by atoms with E-state index in [0.29, 0.717) is 11.8 Å². The maximum absolute atomic E-state index is 5.72. The van der Waals surface area contributed by atoms with Gasteiger partial charge in [0.15, 0.2) is 0 Å². The Balaban J connectivity index is 2.51. The van der Waals surface area contributed by atoms with Crippen LogP contribution in [-0.4, -0.2) is 17.1 Å². The zero-order chi connectivity index (χ0) is 8.55. The Morgan fingerprint density at radius 2 is 2.17 bits per heavy atom. The van der Waals surface area contributed by atoms with Crippen LogP contribution >= 0.6 is 0 Å². The number of ether oxygens (including phenoxy) is 1. The van der Waals surface area contributed by atoms with Crippen LogP contribution in [0.15, 0.2) is 0 Å². The smallest absolute Gasteiger partial charge is 0.318 e. The molecule has 0 saturated heterocycles. The summed E-state index contributed by atoms with van der Waals surface area (Å²) in [5.41, 5.74) is 7.88. The number of fused-ring (bicyclic) bond motifs is 1. The zero-order valence-electron chi connectivity index (χ0n) is 7.00. The fourth-order valence-electron chi connectivity index (χ4n) is 1.53. The molecular weight excluding hydrogens is 154 g/mol. The third-order valence-electron chi connectivity index (χ3n) is 2.13. The number of anilines is 1. The summed E-state index contributed by atoms with van der Waals surface area (Å²) in [6, 6.07) is 0.383. The van der Waals surface area contributed by atoms with Gasteiger partial charge in [0, 0.05) is 5.56 Å². The average molecular weight is 165 g/mol. The van der Waals surface area contributed by atoms with Crippen LogP contribution in [0.4, 0.5) is 5.82 Å². The number of methoxy groups -OCH3 is 1. The van der Waals surface area contributed by atoms with Crippen molar-refractivity contribution in [3.05, 3.63) is 11.3 Å². The van der Waals surface area contributed by atoms with E-state index in [0.717, 1.165) is 30.5 Å². The van der Waals surface area contributed by atoms with E-state index >= 15 is 0 Å². The minimum atomic E-state index is 0.383. The second kappa shape index (κ2) is 2.62. The number of aromatic nitrogens is 2. The van der Waals surface area contributed by atoms with Crippen LogP contribution < -0.4 is 10.5 Å². The Kier molecular flexibility index (Phi) is 1.60. The quantitative estimate of drug-likeness (QED) is 0.660. The minimum absolute atomic E-state index is 0.383. The third-order valence-corrected chi connectivity index (χ3v) is 2.13. The maximum Gasteiger partial charge on any atom is 0.318 e. The van der Waals surface area contributed by atoms with Gasteiger partial charge in [-0.1, -0.05) is 0 Å². The van der Waals surface area contributed by atoms with E-state index in [1.54, 1.807) is 7.11 Å². The van der Waals surface area contributed by atoms with Crippen LogP contribution in [0.2, 0.25) is 0 Å². The molecule has 64 valence electrons. The van der Waals surface area contributed by atoms with Crippen molar-refractivity contribution in [2.75, 3.05) is 12.8 Å². The summed E-state index contributed by atoms with van der Waals surface area (Å²) in [5, 5.41) is 0. The van der Waals surface area contributed by atoms with Gasteiger partial charge in [0.1, 0.15) is 5.82 Å². The molecule has 1 aromatic rings. The Morgan fingerprint density at radius 3 is 2.92 bits per heavy atom. The minimum Gasteiger partial charge on any atom is -0.467 e. The molecule has 0 bridgehead atoms. The number of hydrogen-bond acceptors (Lipinski definition) is 4. The molecule has 0 spiro atoms. The lowest BCUT2D eigenvalue weighted by Crippen LogP contribution is -2.02. The van der Waals surface area contributed by atoms with Gasteiger partial charge in [-0.05, 0) is 19.3 Å². The lowest BCUT2D eigenvalue weighted by atomic mass is 10.2. The molecule has 4 nitrogen and oxygen atoms in total. The van der Waals surface area contributed by atoms with E-state index in [1.807, 2.05) is 0 Å². The fourth-order valence-corrected chi connectivity index (χ4v) is 1.53. The number of aryl methyl sites for hydroxylation is 1. The van der Waals surface area contributed by atoms with Crippen molar-refractivity contribution in [2.24, 2.45) is 0 Å². The number of nitrogens with two attached hydrogens (primary N) is 1. The van der Waals surface area contributed by atoms with E-state index in [2.05, 4.69) is 9.97 Å². The first-order valence-electron chi connectivity index (χ1n) is 4.00. The van der Waals surface area contributed by atoms with Gasteiger partial charge in [0.2, 0.25) is 0 Å². The average Bonchev–Trinajstić information content (AvgIpc) is 2.52. The molecule has 0 fully saturated rings. The molecule has 4 heteroatoms. The Hall–Kier alpha value is -1.32. The van der Waals surface area contributed by atoms with E-state index in [-0.39, 0.29) is 0 Å². The molecular formula is C8H11N3O. The van der Waals surface area contributed by atoms with Gasteiger partial charge in [0.25, 0.3) is 0 Å². The Labute approximate surface area is 70.8 Å². The maximum atomic E-state index is 5.72. The van der Waals surface area contributed by atoms with Gasteiger partial charge in [-0.2, -0.15) is 9.97 Å². The predicted molar refractivity (Wildman–Crippen MR) is 45.0 cm³/mol. The highest BCUT2D eigenvalue weighted by molar-refractivity contribution is 5.45. The molecule has 1 aliphatic rings. The molecule has 2 N–H and O–H groups in total. The second-order valence-electron chi connectivity index (χ2n) is 2.87. The van der Waals surface area contributed by atoms with Gasteiger partial charge < -0.3 is 10.5 Å². The summed E-state index contributed by atoms with van der Waals surface area (Å²) < 4.78 is 4.92. The summed E-state index contributed by atoms with van der Waals surface area (Å²) in [6.07, 6.45) is 3.13. The highest BCUT2D eigenvalue weighted by Gasteiger charge is 2.17. The Bertz CT molecular complexity index is 311. The topological polar surface area (TPSA) is 61.0 Å². The van der Waals surface area contributed by atoms with Gasteiger partial charge >= 0.3 is 6.01 Å². The summed E-state index contributed by atoms with van der Waals surface area (Å²) in [5.74, 6) is 0.578. The lowest BCUT2D eigenvalue weighted by molar-refractivity contribution is 0.379. The first-order chi connectivity index (χ1) is 5.81. The van der Waals surface area contributed by atoms with Gasteiger partial charge in [-0.25, -0.2) is 0 Å².